The van der Waals surface area contributed by atoms with Crippen LogP contribution < -0.4 is 20.2 Å². The standard InChI is InChI=1S/C21H24BrN5O3S/c1-4-18-25-26-21(31)27(18)23-11-14-9-16(22)20(17(10-14)29-3)30-12-19(28)24-15-7-5-13(2)6-8-15/h5-10,23H,4,11-12H2,1-3H3,(H,24,28)(H,26,31). The van der Waals surface area contributed by atoms with Gasteiger partial charge in [-0.25, -0.2) is 4.68 Å². The minimum Gasteiger partial charge on any atom is -0.493 e. The summed E-state index contributed by atoms with van der Waals surface area (Å²) >= 11 is 8.77. The molecule has 0 aliphatic carbocycles. The number of amides is 1. The van der Waals surface area contributed by atoms with Crippen LogP contribution in [0.5, 0.6) is 11.5 Å². The van der Waals surface area contributed by atoms with E-state index in [0.29, 0.717) is 27.3 Å². The second-order valence-corrected chi connectivity index (χ2v) is 8.02. The molecule has 2 aromatic carbocycles. The number of methoxy groups -OCH3 is 1. The third-order valence-corrected chi connectivity index (χ3v) is 5.33. The molecule has 0 aliphatic heterocycles. The van der Waals surface area contributed by atoms with Gasteiger partial charge in [0.25, 0.3) is 5.91 Å². The molecule has 3 aromatic rings. The first-order chi connectivity index (χ1) is 14.9. The van der Waals surface area contributed by atoms with Crippen molar-refractivity contribution in [2.24, 2.45) is 0 Å². The molecule has 1 amide bonds. The highest BCUT2D eigenvalue weighted by atomic mass is 79.9. The number of halogens is 1. The number of hydrogen-bond donors (Lipinski definition) is 3. The highest BCUT2D eigenvalue weighted by Crippen LogP contribution is 2.36. The minimum atomic E-state index is -0.259. The summed E-state index contributed by atoms with van der Waals surface area (Å²) in [5.41, 5.74) is 6.02. The molecule has 0 saturated carbocycles. The first kappa shape index (κ1) is 22.8. The second kappa shape index (κ2) is 10.5. The van der Waals surface area contributed by atoms with E-state index in [-0.39, 0.29) is 12.5 Å². The lowest BCUT2D eigenvalue weighted by molar-refractivity contribution is -0.118. The fourth-order valence-electron chi connectivity index (χ4n) is 2.89. The third-order valence-electron chi connectivity index (χ3n) is 4.47. The van der Waals surface area contributed by atoms with Crippen molar-refractivity contribution in [1.29, 1.82) is 0 Å². The van der Waals surface area contributed by atoms with Crippen molar-refractivity contribution in [3.63, 3.8) is 0 Å². The number of ether oxygens (including phenoxy) is 2. The van der Waals surface area contributed by atoms with Crippen molar-refractivity contribution < 1.29 is 14.3 Å². The lowest BCUT2D eigenvalue weighted by Crippen LogP contribution is -2.20. The van der Waals surface area contributed by atoms with Gasteiger partial charge in [0.1, 0.15) is 0 Å². The zero-order valence-corrected chi connectivity index (χ0v) is 19.9. The molecule has 31 heavy (non-hydrogen) atoms. The maximum Gasteiger partial charge on any atom is 0.262 e. The van der Waals surface area contributed by atoms with E-state index in [1.165, 1.54) is 0 Å². The molecule has 164 valence electrons. The van der Waals surface area contributed by atoms with Gasteiger partial charge in [-0.15, -0.1) is 0 Å². The number of carbonyl (C=O) groups is 1. The molecular weight excluding hydrogens is 482 g/mol. The molecule has 1 heterocycles. The van der Waals surface area contributed by atoms with Gasteiger partial charge in [0.2, 0.25) is 4.77 Å². The molecule has 0 fully saturated rings. The van der Waals surface area contributed by atoms with Crippen molar-refractivity contribution in [3.05, 3.63) is 62.6 Å². The van der Waals surface area contributed by atoms with Gasteiger partial charge >= 0.3 is 0 Å². The number of nitrogens with one attached hydrogen (secondary N) is 3. The van der Waals surface area contributed by atoms with Gasteiger partial charge in [-0.1, -0.05) is 24.6 Å². The van der Waals surface area contributed by atoms with Crippen LogP contribution in [0.2, 0.25) is 0 Å². The Labute approximate surface area is 194 Å². The monoisotopic (exact) mass is 505 g/mol. The molecule has 0 saturated heterocycles. The lowest BCUT2D eigenvalue weighted by atomic mass is 10.2. The summed E-state index contributed by atoms with van der Waals surface area (Å²) in [5, 5.41) is 9.76. The largest absolute Gasteiger partial charge is 0.493 e. The Morgan fingerprint density at radius 1 is 1.29 bits per heavy atom. The number of H-pyrrole nitrogens is 1. The fourth-order valence-corrected chi connectivity index (χ4v) is 3.71. The Kier molecular flexibility index (Phi) is 7.69. The van der Waals surface area contributed by atoms with E-state index < -0.39 is 0 Å². The summed E-state index contributed by atoms with van der Waals surface area (Å²) < 4.78 is 14.1. The normalized spacial score (nSPS) is 10.6. The van der Waals surface area contributed by atoms with Gasteiger partial charge in [-0.05, 0) is 64.9 Å². The maximum atomic E-state index is 12.3. The fraction of sp³-hybridized carbons (Fsp3) is 0.286. The SMILES string of the molecule is CCc1n[nH]c(=S)n1NCc1cc(Br)c(OCC(=O)Nc2ccc(C)cc2)c(OC)c1. The van der Waals surface area contributed by atoms with Crippen LogP contribution in [0, 0.1) is 11.7 Å². The van der Waals surface area contributed by atoms with Crippen molar-refractivity contribution in [3.8, 4) is 11.5 Å². The molecule has 0 atom stereocenters. The van der Waals surface area contributed by atoms with Crippen LogP contribution >= 0.6 is 28.1 Å². The van der Waals surface area contributed by atoms with Gasteiger partial charge < -0.3 is 20.2 Å². The van der Waals surface area contributed by atoms with Crippen LogP contribution in [0.1, 0.15) is 23.9 Å². The molecule has 0 bridgehead atoms. The molecule has 1 aromatic heterocycles. The van der Waals surface area contributed by atoms with Crippen molar-refractivity contribution in [2.75, 3.05) is 24.5 Å². The van der Waals surface area contributed by atoms with E-state index in [9.17, 15) is 4.79 Å². The summed E-state index contributed by atoms with van der Waals surface area (Å²) in [4.78, 5) is 12.3. The van der Waals surface area contributed by atoms with Gasteiger partial charge in [0.15, 0.2) is 23.9 Å². The Morgan fingerprint density at radius 3 is 2.71 bits per heavy atom. The van der Waals surface area contributed by atoms with Crippen molar-refractivity contribution in [1.82, 2.24) is 14.9 Å². The van der Waals surface area contributed by atoms with E-state index in [1.54, 1.807) is 11.8 Å². The summed E-state index contributed by atoms with van der Waals surface area (Å²) in [7, 11) is 1.56. The average molecular weight is 506 g/mol. The number of rotatable bonds is 9. The van der Waals surface area contributed by atoms with E-state index >= 15 is 0 Å². The van der Waals surface area contributed by atoms with Crippen LogP contribution in [-0.4, -0.2) is 34.5 Å². The van der Waals surface area contributed by atoms with E-state index in [1.807, 2.05) is 50.2 Å². The van der Waals surface area contributed by atoms with Crippen LogP contribution in [0.4, 0.5) is 5.69 Å². The predicted octanol–water partition coefficient (Wildman–Crippen LogP) is 4.34. The second-order valence-electron chi connectivity index (χ2n) is 6.78. The number of aromatic nitrogens is 3. The Balaban J connectivity index is 1.66. The lowest BCUT2D eigenvalue weighted by Gasteiger charge is -2.15. The predicted molar refractivity (Wildman–Crippen MR) is 126 cm³/mol. The van der Waals surface area contributed by atoms with Crippen LogP contribution in [-0.2, 0) is 17.8 Å². The molecule has 3 rings (SSSR count). The Morgan fingerprint density at radius 2 is 2.03 bits per heavy atom. The summed E-state index contributed by atoms with van der Waals surface area (Å²) in [5.74, 6) is 1.53. The van der Waals surface area contributed by atoms with E-state index in [0.717, 1.165) is 29.1 Å². The van der Waals surface area contributed by atoms with Gasteiger partial charge in [-0.2, -0.15) is 5.10 Å². The molecular formula is C21H24BrN5O3S. The van der Waals surface area contributed by atoms with E-state index in [4.69, 9.17) is 21.7 Å². The number of nitrogens with zero attached hydrogens (tertiary/aromatic N) is 2. The first-order valence-corrected chi connectivity index (χ1v) is 10.9. The van der Waals surface area contributed by atoms with Gasteiger partial charge in [0.05, 0.1) is 18.1 Å². The molecule has 0 spiro atoms. The van der Waals surface area contributed by atoms with Crippen molar-refractivity contribution >= 4 is 39.7 Å². The topological polar surface area (TPSA) is 93.2 Å². The number of aromatic amines is 1. The molecule has 8 nitrogen and oxygen atoms in total. The molecule has 0 unspecified atom stereocenters. The summed E-state index contributed by atoms with van der Waals surface area (Å²) in [6.45, 7) is 4.34. The van der Waals surface area contributed by atoms with E-state index in [2.05, 4.69) is 36.9 Å². The highest BCUT2D eigenvalue weighted by Gasteiger charge is 2.14. The average Bonchev–Trinajstić information content (AvgIpc) is 3.12. The summed E-state index contributed by atoms with van der Waals surface area (Å²) in [6.07, 6.45) is 0.741. The Bertz CT molecular complexity index is 1110. The van der Waals surface area contributed by atoms with Gasteiger partial charge in [0, 0.05) is 12.1 Å². The molecule has 0 radical (unpaired) electrons. The van der Waals surface area contributed by atoms with Crippen molar-refractivity contribution in [2.45, 2.75) is 26.8 Å². The number of benzene rings is 2. The quantitative estimate of drug-likeness (QED) is 0.374. The molecule has 3 N–H and O–H groups in total. The highest BCUT2D eigenvalue weighted by molar-refractivity contribution is 9.10. The van der Waals surface area contributed by atoms with Crippen LogP contribution in [0.3, 0.4) is 0 Å². The zero-order valence-electron chi connectivity index (χ0n) is 17.5. The summed E-state index contributed by atoms with van der Waals surface area (Å²) in [6, 6.07) is 11.3. The van der Waals surface area contributed by atoms with Crippen LogP contribution in [0.15, 0.2) is 40.9 Å². The zero-order chi connectivity index (χ0) is 22.4. The smallest absolute Gasteiger partial charge is 0.262 e. The Hall–Kier alpha value is -2.85. The number of hydrogen-bond acceptors (Lipinski definition) is 6. The number of aryl methyl sites for hydroxylation is 2. The number of carbonyl (C=O) groups excluding carboxylic acids is 1. The molecule has 0 aliphatic rings. The van der Waals surface area contributed by atoms with Crippen LogP contribution in [0.25, 0.3) is 0 Å². The maximum absolute atomic E-state index is 12.3. The van der Waals surface area contributed by atoms with Gasteiger partial charge in [-0.3, -0.25) is 9.89 Å². The molecule has 10 heteroatoms. The number of anilines is 1. The minimum absolute atomic E-state index is 0.148. The third kappa shape index (κ3) is 5.86. The first-order valence-electron chi connectivity index (χ1n) is 9.67.